The monoisotopic (exact) mass is 346 g/mol. The Labute approximate surface area is 144 Å². The number of ether oxygens (including phenoxy) is 2. The minimum Gasteiger partial charge on any atom is -0.396 e. The number of fused-ring (bicyclic) bond motifs is 3. The summed E-state index contributed by atoms with van der Waals surface area (Å²) in [5.41, 5.74) is 0. The first kappa shape index (κ1) is 18.5. The van der Waals surface area contributed by atoms with Gasteiger partial charge in [0, 0.05) is 19.1 Å². The van der Waals surface area contributed by atoms with Gasteiger partial charge in [0.2, 0.25) is 0 Å². The summed E-state index contributed by atoms with van der Waals surface area (Å²) in [6, 6.07) is 0. The number of hydrogen-bond donors (Lipinski definition) is 1. The number of halogens is 2. The fourth-order valence-corrected chi connectivity index (χ4v) is 4.94. The summed E-state index contributed by atoms with van der Waals surface area (Å²) >= 11 is 0. The zero-order valence-electron chi connectivity index (χ0n) is 14.7. The maximum atomic E-state index is 14.9. The van der Waals surface area contributed by atoms with E-state index in [0.29, 0.717) is 19.4 Å². The molecule has 8 atom stereocenters. The Morgan fingerprint density at radius 1 is 0.958 bits per heavy atom. The summed E-state index contributed by atoms with van der Waals surface area (Å²) in [5, 5.41) is 9.30. The van der Waals surface area contributed by atoms with Crippen molar-refractivity contribution in [2.45, 2.75) is 88.9 Å². The zero-order valence-corrected chi connectivity index (χ0v) is 14.7. The molecule has 0 aromatic heterocycles. The molecule has 2 aliphatic carbocycles. The van der Waals surface area contributed by atoms with Crippen LogP contribution in [0.5, 0.6) is 0 Å². The fourth-order valence-electron chi connectivity index (χ4n) is 4.94. The van der Waals surface area contributed by atoms with Crippen molar-refractivity contribution in [3.63, 3.8) is 0 Å². The summed E-state index contributed by atoms with van der Waals surface area (Å²) < 4.78 is 41.1. The predicted molar refractivity (Wildman–Crippen MR) is 88.4 cm³/mol. The molecule has 0 bridgehead atoms. The second-order valence-electron chi connectivity index (χ2n) is 7.85. The maximum absolute atomic E-state index is 14.9. The van der Waals surface area contributed by atoms with E-state index >= 15 is 0 Å². The van der Waals surface area contributed by atoms with Gasteiger partial charge >= 0.3 is 0 Å². The smallest absolute Gasteiger partial charge is 0.152 e. The quantitative estimate of drug-likeness (QED) is 0.712. The van der Waals surface area contributed by atoms with Gasteiger partial charge in [-0.05, 0) is 43.9 Å². The van der Waals surface area contributed by atoms with Crippen LogP contribution in [0, 0.1) is 17.8 Å². The lowest BCUT2D eigenvalue weighted by atomic mass is 9.69. The van der Waals surface area contributed by atoms with Gasteiger partial charge in [-0.25, -0.2) is 8.78 Å². The molecule has 1 aliphatic heterocycles. The third kappa shape index (κ3) is 3.63. The van der Waals surface area contributed by atoms with Crippen LogP contribution in [-0.4, -0.2) is 49.0 Å². The zero-order chi connectivity index (χ0) is 17.1. The van der Waals surface area contributed by atoms with E-state index in [4.69, 9.17) is 9.47 Å². The molecule has 1 heterocycles. The molecule has 5 heteroatoms. The van der Waals surface area contributed by atoms with Gasteiger partial charge in [-0.3, -0.25) is 0 Å². The van der Waals surface area contributed by atoms with Gasteiger partial charge in [-0.2, -0.15) is 0 Å². The largest absolute Gasteiger partial charge is 0.396 e. The summed E-state index contributed by atoms with van der Waals surface area (Å²) in [5.74, 6) is -0.130. The molecule has 3 rings (SSSR count). The van der Waals surface area contributed by atoms with Gasteiger partial charge in [0.05, 0.1) is 18.3 Å². The third-order valence-corrected chi connectivity index (χ3v) is 6.36. The lowest BCUT2D eigenvalue weighted by Gasteiger charge is -2.37. The van der Waals surface area contributed by atoms with Crippen LogP contribution < -0.4 is 0 Å². The van der Waals surface area contributed by atoms with E-state index in [1.165, 1.54) is 12.8 Å². The fraction of sp³-hybridized carbons (Fsp3) is 1.00. The predicted octanol–water partition coefficient (Wildman–Crippen LogP) is 3.82. The Kier molecular flexibility index (Phi) is 6.50. The van der Waals surface area contributed by atoms with E-state index in [2.05, 4.69) is 6.92 Å². The van der Waals surface area contributed by atoms with Crippen molar-refractivity contribution < 1.29 is 23.4 Å². The van der Waals surface area contributed by atoms with Crippen LogP contribution in [0.3, 0.4) is 0 Å². The van der Waals surface area contributed by atoms with Crippen LogP contribution in [0.15, 0.2) is 0 Å². The van der Waals surface area contributed by atoms with Gasteiger partial charge in [0.1, 0.15) is 6.17 Å². The molecule has 2 saturated carbocycles. The average molecular weight is 346 g/mol. The Hall–Kier alpha value is -0.260. The lowest BCUT2D eigenvalue weighted by Crippen LogP contribution is -2.44. The first-order valence-corrected chi connectivity index (χ1v) is 9.83. The van der Waals surface area contributed by atoms with Gasteiger partial charge in [0.15, 0.2) is 6.17 Å². The van der Waals surface area contributed by atoms with E-state index in [0.717, 1.165) is 25.7 Å². The van der Waals surface area contributed by atoms with Crippen molar-refractivity contribution in [2.75, 3.05) is 13.2 Å². The second-order valence-corrected chi connectivity index (χ2v) is 7.85. The molecule has 140 valence electrons. The number of unbranched alkanes of at least 4 members (excludes halogenated alkanes) is 3. The summed E-state index contributed by atoms with van der Waals surface area (Å²) in [6.07, 6.45) is 3.78. The van der Waals surface area contributed by atoms with Gasteiger partial charge in [-0.15, -0.1) is 0 Å². The number of aliphatic hydroxyl groups is 1. The minimum absolute atomic E-state index is 0.108. The normalized spacial score (nSPS) is 45.0. The van der Waals surface area contributed by atoms with Crippen LogP contribution in [0.4, 0.5) is 8.78 Å². The third-order valence-electron chi connectivity index (χ3n) is 6.36. The molecule has 3 fully saturated rings. The van der Waals surface area contributed by atoms with Crippen molar-refractivity contribution in [3.8, 4) is 0 Å². The number of aliphatic hydroxyl groups excluding tert-OH is 1. The highest BCUT2D eigenvalue weighted by atomic mass is 19.1. The molecule has 0 aromatic rings. The van der Waals surface area contributed by atoms with Crippen molar-refractivity contribution in [2.24, 2.45) is 17.8 Å². The average Bonchev–Trinajstić information content (AvgIpc) is 2.97. The molecule has 0 aromatic carbocycles. The van der Waals surface area contributed by atoms with Crippen molar-refractivity contribution in [1.29, 1.82) is 0 Å². The lowest BCUT2D eigenvalue weighted by molar-refractivity contribution is -0.121. The highest BCUT2D eigenvalue weighted by Crippen LogP contribution is 2.50. The van der Waals surface area contributed by atoms with E-state index in [1.54, 1.807) is 0 Å². The Morgan fingerprint density at radius 2 is 1.67 bits per heavy atom. The highest BCUT2D eigenvalue weighted by Gasteiger charge is 2.56. The van der Waals surface area contributed by atoms with Crippen LogP contribution in [0.1, 0.15) is 58.3 Å². The first-order chi connectivity index (χ1) is 11.7. The maximum Gasteiger partial charge on any atom is 0.152 e. The van der Waals surface area contributed by atoms with E-state index in [9.17, 15) is 13.9 Å². The van der Waals surface area contributed by atoms with Crippen LogP contribution in [0.2, 0.25) is 0 Å². The van der Waals surface area contributed by atoms with Gasteiger partial charge in [-0.1, -0.05) is 26.2 Å². The van der Waals surface area contributed by atoms with Crippen LogP contribution in [-0.2, 0) is 9.47 Å². The molecule has 0 spiro atoms. The first-order valence-electron chi connectivity index (χ1n) is 9.83. The second kappa shape index (κ2) is 8.41. The molecule has 0 radical (unpaired) electrons. The minimum atomic E-state index is -1.17. The standard InChI is InChI=1S/C19H32F2O3/c1-2-3-4-5-10-23-15-9-8-14-13-7-6-12(11-22)16(20)18(13)24-19(14)17(15)21/h12-19,22H,2-11H2,1H3. The van der Waals surface area contributed by atoms with E-state index in [-0.39, 0.29) is 24.4 Å². The van der Waals surface area contributed by atoms with Gasteiger partial charge < -0.3 is 14.6 Å². The summed E-state index contributed by atoms with van der Waals surface area (Å²) in [6.45, 7) is 2.62. The Morgan fingerprint density at radius 3 is 2.38 bits per heavy atom. The van der Waals surface area contributed by atoms with E-state index in [1.807, 2.05) is 0 Å². The van der Waals surface area contributed by atoms with Crippen molar-refractivity contribution >= 4 is 0 Å². The molecule has 1 saturated heterocycles. The molecular weight excluding hydrogens is 314 g/mol. The molecular formula is C19H32F2O3. The summed E-state index contributed by atoms with van der Waals surface area (Å²) in [4.78, 5) is 0. The van der Waals surface area contributed by atoms with E-state index < -0.39 is 30.7 Å². The molecule has 3 aliphatic rings. The SMILES string of the molecule is CCCCCCOC1CCC2C3CCC(CO)C(F)C3OC2C1F. The highest BCUT2D eigenvalue weighted by molar-refractivity contribution is 5.04. The number of alkyl halides is 2. The Bertz CT molecular complexity index is 395. The number of hydrogen-bond acceptors (Lipinski definition) is 3. The summed E-state index contributed by atoms with van der Waals surface area (Å²) in [7, 11) is 0. The number of rotatable bonds is 7. The Balaban J connectivity index is 1.54. The van der Waals surface area contributed by atoms with Crippen molar-refractivity contribution in [3.05, 3.63) is 0 Å². The van der Waals surface area contributed by atoms with Crippen LogP contribution in [0.25, 0.3) is 0 Å². The molecule has 1 N–H and O–H groups in total. The molecule has 3 nitrogen and oxygen atoms in total. The molecule has 24 heavy (non-hydrogen) atoms. The topological polar surface area (TPSA) is 38.7 Å². The molecule has 0 amide bonds. The van der Waals surface area contributed by atoms with Crippen molar-refractivity contribution in [1.82, 2.24) is 0 Å². The van der Waals surface area contributed by atoms with Crippen LogP contribution >= 0.6 is 0 Å². The molecule has 8 unspecified atom stereocenters. The van der Waals surface area contributed by atoms with Gasteiger partial charge in [0.25, 0.3) is 0 Å².